The molecule has 3 heterocycles. The van der Waals surface area contributed by atoms with Crippen LogP contribution in [0.5, 0.6) is 5.88 Å². The van der Waals surface area contributed by atoms with Crippen LogP contribution in [0, 0.1) is 0 Å². The topological polar surface area (TPSA) is 88.0 Å². The number of amides is 1. The van der Waals surface area contributed by atoms with Gasteiger partial charge >= 0.3 is 0 Å². The molecule has 2 aliphatic heterocycles. The van der Waals surface area contributed by atoms with Gasteiger partial charge < -0.3 is 19.6 Å². The molecule has 1 N–H and O–H groups in total. The zero-order valence-electron chi connectivity index (χ0n) is 15.6. The number of hydrogen-bond acceptors (Lipinski definition) is 8. The maximum absolute atomic E-state index is 12.7. The van der Waals surface area contributed by atoms with Crippen molar-refractivity contribution in [3.8, 4) is 5.88 Å². The summed E-state index contributed by atoms with van der Waals surface area (Å²) in [7, 11) is 0. The van der Waals surface area contributed by atoms with Crippen LogP contribution in [-0.2, 0) is 4.74 Å². The quantitative estimate of drug-likeness (QED) is 0.823. The van der Waals surface area contributed by atoms with E-state index in [-0.39, 0.29) is 30.1 Å². The lowest BCUT2D eigenvalue weighted by atomic mass is 9.80. The Kier molecular flexibility index (Phi) is 6.50. The second-order valence-electron chi connectivity index (χ2n) is 7.91. The Labute approximate surface area is 164 Å². The zero-order valence-corrected chi connectivity index (χ0v) is 17.2. The van der Waals surface area contributed by atoms with Gasteiger partial charge in [-0.05, 0) is 27.7 Å². The fraction of sp³-hybridized carbons (Fsp3) is 0.812. The van der Waals surface area contributed by atoms with Crippen molar-refractivity contribution < 1.29 is 19.5 Å². The fourth-order valence-electron chi connectivity index (χ4n) is 3.72. The first-order valence-corrected chi connectivity index (χ1v) is 9.29. The summed E-state index contributed by atoms with van der Waals surface area (Å²) >= 11 is 0.984. The van der Waals surface area contributed by atoms with Gasteiger partial charge in [0.05, 0.1) is 24.9 Å². The number of hydrogen-bond donors (Lipinski definition) is 1. The van der Waals surface area contributed by atoms with Gasteiger partial charge in [-0.2, -0.15) is 9.44 Å². The predicted molar refractivity (Wildman–Crippen MR) is 99.3 cm³/mol. The van der Waals surface area contributed by atoms with E-state index in [1.54, 1.807) is 4.90 Å². The minimum Gasteiger partial charge on any atom is -0.472 e. The van der Waals surface area contributed by atoms with E-state index in [1.807, 2.05) is 27.7 Å². The van der Waals surface area contributed by atoms with Gasteiger partial charge in [0.25, 0.3) is 11.8 Å². The lowest BCUT2D eigenvalue weighted by molar-refractivity contribution is -0.255. The molecule has 26 heavy (non-hydrogen) atoms. The maximum Gasteiger partial charge on any atom is 0.279 e. The van der Waals surface area contributed by atoms with Crippen molar-refractivity contribution in [1.29, 1.82) is 0 Å². The Bertz CT molecular complexity index is 616. The summed E-state index contributed by atoms with van der Waals surface area (Å²) in [6.07, 6.45) is 1.12. The molecule has 10 heteroatoms. The highest BCUT2D eigenvalue weighted by atomic mass is 35.5. The Hall–Kier alpha value is -1.00. The Morgan fingerprint density at radius 3 is 2.35 bits per heavy atom. The van der Waals surface area contributed by atoms with Crippen LogP contribution in [0.15, 0.2) is 0 Å². The Morgan fingerprint density at radius 1 is 1.19 bits per heavy atom. The van der Waals surface area contributed by atoms with Crippen LogP contribution < -0.4 is 4.74 Å². The molecule has 0 atom stereocenters. The van der Waals surface area contributed by atoms with E-state index in [2.05, 4.69) is 8.75 Å². The minimum absolute atomic E-state index is 0. The van der Waals surface area contributed by atoms with Gasteiger partial charge in [-0.15, -0.1) is 16.8 Å². The molecule has 2 saturated heterocycles. The molecular formula is C16H27ClN4O4S. The summed E-state index contributed by atoms with van der Waals surface area (Å²) in [5, 5.41) is 11.8. The first kappa shape index (κ1) is 21.3. The van der Waals surface area contributed by atoms with Crippen LogP contribution in [0.4, 0.5) is 0 Å². The molecule has 148 valence electrons. The third kappa shape index (κ3) is 4.28. The van der Waals surface area contributed by atoms with E-state index in [4.69, 9.17) is 9.47 Å². The van der Waals surface area contributed by atoms with Crippen molar-refractivity contribution in [3.05, 3.63) is 5.69 Å². The number of halogens is 1. The third-order valence-electron chi connectivity index (χ3n) is 4.84. The van der Waals surface area contributed by atoms with Crippen LogP contribution in [0.25, 0.3) is 0 Å². The molecule has 1 aromatic rings. The summed E-state index contributed by atoms with van der Waals surface area (Å²) in [5.41, 5.74) is -0.581. The Morgan fingerprint density at radius 2 is 1.77 bits per heavy atom. The molecule has 1 amide bonds. The molecule has 8 nitrogen and oxygen atoms in total. The molecule has 1 aromatic heterocycles. The largest absolute Gasteiger partial charge is 0.472 e. The van der Waals surface area contributed by atoms with E-state index in [1.165, 1.54) is 5.06 Å². The molecule has 0 unspecified atom stereocenters. The number of ether oxygens (including phenoxy) is 2. The van der Waals surface area contributed by atoms with E-state index >= 15 is 0 Å². The van der Waals surface area contributed by atoms with Crippen molar-refractivity contribution in [2.75, 3.05) is 26.3 Å². The van der Waals surface area contributed by atoms with Crippen LogP contribution in [0.2, 0.25) is 0 Å². The average molecular weight is 407 g/mol. The number of rotatable bonds is 3. The number of morpholine rings is 1. The summed E-state index contributed by atoms with van der Waals surface area (Å²) < 4.78 is 19.7. The van der Waals surface area contributed by atoms with Gasteiger partial charge in [-0.1, -0.05) is 0 Å². The highest BCUT2D eigenvalue weighted by molar-refractivity contribution is 6.99. The normalized spacial score (nSPS) is 23.3. The first-order valence-electron chi connectivity index (χ1n) is 8.56. The van der Waals surface area contributed by atoms with Crippen LogP contribution >= 0.6 is 24.1 Å². The van der Waals surface area contributed by atoms with Gasteiger partial charge in [0.1, 0.15) is 6.10 Å². The molecule has 0 saturated carbocycles. The lowest BCUT2D eigenvalue weighted by Gasteiger charge is -2.50. The molecule has 0 aliphatic carbocycles. The van der Waals surface area contributed by atoms with Gasteiger partial charge in [0.15, 0.2) is 0 Å². The van der Waals surface area contributed by atoms with Gasteiger partial charge in [0, 0.05) is 37.0 Å². The number of carbonyl (C=O) groups excluding carboxylic acids is 1. The molecule has 0 radical (unpaired) electrons. The monoisotopic (exact) mass is 406 g/mol. The summed E-state index contributed by atoms with van der Waals surface area (Å²) in [6, 6.07) is 0. The summed E-state index contributed by atoms with van der Waals surface area (Å²) in [6.45, 7) is 10.1. The number of aromatic nitrogens is 2. The molecule has 0 aromatic carbocycles. The predicted octanol–water partition coefficient (Wildman–Crippen LogP) is 2.22. The van der Waals surface area contributed by atoms with Crippen LogP contribution in [0.1, 0.15) is 51.0 Å². The van der Waals surface area contributed by atoms with Gasteiger partial charge in [0.2, 0.25) is 5.69 Å². The van der Waals surface area contributed by atoms with E-state index in [9.17, 15) is 10.0 Å². The molecule has 3 rings (SSSR count). The lowest BCUT2D eigenvalue weighted by Crippen LogP contribution is -2.61. The van der Waals surface area contributed by atoms with Crippen molar-refractivity contribution in [2.45, 2.75) is 57.7 Å². The fourth-order valence-corrected chi connectivity index (χ4v) is 4.21. The summed E-state index contributed by atoms with van der Waals surface area (Å²) in [4.78, 5) is 14.4. The molecule has 2 aliphatic rings. The SMILES string of the molecule is CC1(C)CC(Oc2nsnc2C(=O)N2CCOCC2)CC(C)(C)N1O.Cl. The van der Waals surface area contributed by atoms with Crippen LogP contribution in [0.3, 0.4) is 0 Å². The van der Waals surface area contributed by atoms with Gasteiger partial charge in [-0.25, -0.2) is 0 Å². The van der Waals surface area contributed by atoms with Crippen molar-refractivity contribution in [1.82, 2.24) is 18.7 Å². The van der Waals surface area contributed by atoms with Gasteiger partial charge in [-0.3, -0.25) is 4.79 Å². The molecule has 0 bridgehead atoms. The van der Waals surface area contributed by atoms with Crippen molar-refractivity contribution >= 4 is 30.0 Å². The number of hydroxylamine groups is 2. The third-order valence-corrected chi connectivity index (χ3v) is 5.35. The van der Waals surface area contributed by atoms with Crippen LogP contribution in [-0.4, -0.2) is 73.3 Å². The standard InChI is InChI=1S/C16H26N4O4S.ClH/c1-15(2)9-11(10-16(3,4)20(15)22)24-13-12(17-25-18-13)14(21)19-5-7-23-8-6-19;/h11,22H,5-10H2,1-4H3;1H. The highest BCUT2D eigenvalue weighted by Crippen LogP contribution is 2.38. The smallest absolute Gasteiger partial charge is 0.279 e. The van der Waals surface area contributed by atoms with E-state index in [0.29, 0.717) is 45.0 Å². The van der Waals surface area contributed by atoms with Crippen molar-refractivity contribution in [2.24, 2.45) is 0 Å². The molecule has 2 fully saturated rings. The Balaban J connectivity index is 0.00000243. The molecular weight excluding hydrogens is 380 g/mol. The number of carbonyl (C=O) groups is 1. The number of nitrogens with zero attached hydrogens (tertiary/aromatic N) is 4. The second kappa shape index (κ2) is 7.93. The summed E-state index contributed by atoms with van der Waals surface area (Å²) in [5.74, 6) is 0.134. The average Bonchev–Trinajstić information content (AvgIpc) is 3.00. The zero-order chi connectivity index (χ0) is 18.2. The molecule has 0 spiro atoms. The van der Waals surface area contributed by atoms with E-state index in [0.717, 1.165) is 11.7 Å². The van der Waals surface area contributed by atoms with Crippen molar-refractivity contribution in [3.63, 3.8) is 0 Å². The minimum atomic E-state index is -0.426. The second-order valence-corrected chi connectivity index (χ2v) is 8.44. The first-order chi connectivity index (χ1) is 11.7. The maximum atomic E-state index is 12.7. The number of piperidine rings is 1. The van der Waals surface area contributed by atoms with E-state index < -0.39 is 11.1 Å². The highest BCUT2D eigenvalue weighted by Gasteiger charge is 2.46.